The number of rotatable bonds is 0. The molecular weight excluding hydrogens is 140 g/mol. The van der Waals surface area contributed by atoms with Crippen LogP contribution in [0.3, 0.4) is 0 Å². The maximum atomic E-state index is 8.92. The van der Waals surface area contributed by atoms with Gasteiger partial charge >= 0.3 is 0 Å². The molecule has 3 nitrogen and oxygen atoms in total. The van der Waals surface area contributed by atoms with Crippen LogP contribution in [0.2, 0.25) is 0 Å². The molecule has 0 spiro atoms. The average molecular weight is 150 g/mol. The summed E-state index contributed by atoms with van der Waals surface area (Å²) in [5.74, 6) is 0.433. The van der Waals surface area contributed by atoms with Crippen LogP contribution in [0.5, 0.6) is 0 Å². The second-order valence-electron chi connectivity index (χ2n) is 2.16. The molecule has 3 N–H and O–H groups in total. The summed E-state index contributed by atoms with van der Waals surface area (Å²) in [7, 11) is 0. The summed E-state index contributed by atoms with van der Waals surface area (Å²) in [4.78, 5) is 0. The molecule has 0 bridgehead atoms. The van der Waals surface area contributed by atoms with Gasteiger partial charge in [-0.05, 0) is 0 Å². The molecule has 54 valence electrons. The Morgan fingerprint density at radius 2 is 1.78 bits per heavy atom. The first-order chi connectivity index (χ1) is 4.20. The summed E-state index contributed by atoms with van der Waals surface area (Å²) in [6.45, 7) is 0. The van der Waals surface area contributed by atoms with Crippen molar-refractivity contribution in [3.05, 3.63) is 0 Å². The number of aliphatic hydroxyl groups excluding tert-OH is 3. The second-order valence-corrected chi connectivity index (χ2v) is 3.37. The summed E-state index contributed by atoms with van der Waals surface area (Å²) >= 11 is 1.28. The average Bonchev–Trinajstić information content (AvgIpc) is 1.80. The van der Waals surface area contributed by atoms with Crippen LogP contribution < -0.4 is 0 Å². The van der Waals surface area contributed by atoms with Gasteiger partial charge in [0.1, 0.15) is 5.44 Å². The van der Waals surface area contributed by atoms with E-state index in [0.717, 1.165) is 0 Å². The van der Waals surface area contributed by atoms with Crippen molar-refractivity contribution in [3.63, 3.8) is 0 Å². The lowest BCUT2D eigenvalue weighted by Gasteiger charge is -2.25. The molecule has 0 radical (unpaired) electrons. The van der Waals surface area contributed by atoms with Crippen LogP contribution in [0, 0.1) is 0 Å². The predicted molar refractivity (Wildman–Crippen MR) is 35.1 cm³/mol. The monoisotopic (exact) mass is 150 g/mol. The maximum Gasteiger partial charge on any atom is 0.102 e. The molecule has 3 atom stereocenters. The second kappa shape index (κ2) is 2.88. The van der Waals surface area contributed by atoms with Gasteiger partial charge in [0.2, 0.25) is 0 Å². The molecular formula is C5H10O3S. The number of thioether (sulfide) groups is 1. The van der Waals surface area contributed by atoms with Gasteiger partial charge in [-0.2, -0.15) is 0 Å². The molecule has 1 aliphatic rings. The lowest BCUT2D eigenvalue weighted by Crippen LogP contribution is -2.36. The highest BCUT2D eigenvalue weighted by Crippen LogP contribution is 2.23. The van der Waals surface area contributed by atoms with Crippen LogP contribution in [0.1, 0.15) is 6.42 Å². The van der Waals surface area contributed by atoms with Gasteiger partial charge in [0.15, 0.2) is 0 Å². The fourth-order valence-corrected chi connectivity index (χ4v) is 1.73. The van der Waals surface area contributed by atoms with Crippen molar-refractivity contribution >= 4 is 11.8 Å². The Morgan fingerprint density at radius 3 is 2.22 bits per heavy atom. The summed E-state index contributed by atoms with van der Waals surface area (Å²) in [5.41, 5.74) is -0.497. The van der Waals surface area contributed by atoms with Crippen molar-refractivity contribution in [2.45, 2.75) is 24.1 Å². The van der Waals surface area contributed by atoms with Crippen LogP contribution >= 0.6 is 11.8 Å². The van der Waals surface area contributed by atoms with Crippen molar-refractivity contribution in [3.8, 4) is 0 Å². The normalized spacial score (nSPS) is 45.0. The van der Waals surface area contributed by atoms with E-state index in [4.69, 9.17) is 15.3 Å². The Morgan fingerprint density at radius 1 is 1.11 bits per heavy atom. The summed E-state index contributed by atoms with van der Waals surface area (Å²) in [6.07, 6.45) is -1.11. The van der Waals surface area contributed by atoms with Crippen LogP contribution in [0.4, 0.5) is 0 Å². The Bertz CT molecular complexity index is 98.2. The Hall–Kier alpha value is 0.230. The molecule has 0 aromatic heterocycles. The highest BCUT2D eigenvalue weighted by Gasteiger charge is 2.26. The maximum absolute atomic E-state index is 8.92. The van der Waals surface area contributed by atoms with E-state index in [-0.39, 0.29) is 6.42 Å². The minimum Gasteiger partial charge on any atom is -0.390 e. The van der Waals surface area contributed by atoms with Crippen LogP contribution in [0.25, 0.3) is 0 Å². The first-order valence-corrected chi connectivity index (χ1v) is 3.91. The molecule has 0 aliphatic carbocycles. The summed E-state index contributed by atoms with van der Waals surface area (Å²) in [5, 5.41) is 26.7. The van der Waals surface area contributed by atoms with Crippen molar-refractivity contribution < 1.29 is 15.3 Å². The fourth-order valence-electron chi connectivity index (χ4n) is 0.752. The lowest BCUT2D eigenvalue weighted by molar-refractivity contribution is 0.00711. The zero-order valence-electron chi connectivity index (χ0n) is 4.90. The van der Waals surface area contributed by atoms with E-state index in [2.05, 4.69) is 0 Å². The molecule has 4 heteroatoms. The van der Waals surface area contributed by atoms with Crippen molar-refractivity contribution in [1.29, 1.82) is 0 Å². The standard InChI is InChI=1S/C5H10O3S/c6-3-1-5(8)9-2-4(3)7/h3-8H,1-2H2. The SMILES string of the molecule is OC1CC(O)C(O)CS1. The van der Waals surface area contributed by atoms with E-state index < -0.39 is 17.6 Å². The number of hydrogen-bond donors (Lipinski definition) is 3. The van der Waals surface area contributed by atoms with E-state index in [9.17, 15) is 0 Å². The van der Waals surface area contributed by atoms with E-state index in [0.29, 0.717) is 5.75 Å². The molecule has 3 unspecified atom stereocenters. The predicted octanol–water partition coefficient (Wildman–Crippen LogP) is -0.837. The van der Waals surface area contributed by atoms with E-state index in [1.807, 2.05) is 0 Å². The number of aliphatic hydroxyl groups is 3. The Kier molecular flexibility index (Phi) is 2.35. The zero-order chi connectivity index (χ0) is 6.85. The largest absolute Gasteiger partial charge is 0.390 e. The summed E-state index contributed by atoms with van der Waals surface area (Å²) < 4.78 is 0. The highest BCUT2D eigenvalue weighted by atomic mass is 32.2. The third-order valence-electron chi connectivity index (χ3n) is 1.35. The molecule has 0 amide bonds. The van der Waals surface area contributed by atoms with Crippen LogP contribution in [-0.2, 0) is 0 Å². The Labute approximate surface area is 57.7 Å². The molecule has 1 rings (SSSR count). The van der Waals surface area contributed by atoms with Gasteiger partial charge in [0.05, 0.1) is 12.2 Å². The first kappa shape index (κ1) is 7.34. The smallest absolute Gasteiger partial charge is 0.102 e. The van der Waals surface area contributed by atoms with Crippen LogP contribution in [0.15, 0.2) is 0 Å². The molecule has 1 fully saturated rings. The zero-order valence-corrected chi connectivity index (χ0v) is 5.71. The third-order valence-corrected chi connectivity index (χ3v) is 2.46. The Balaban J connectivity index is 2.35. The van der Waals surface area contributed by atoms with Gasteiger partial charge in [-0.1, -0.05) is 0 Å². The lowest BCUT2D eigenvalue weighted by atomic mass is 10.1. The topological polar surface area (TPSA) is 60.7 Å². The highest BCUT2D eigenvalue weighted by molar-refractivity contribution is 7.99. The van der Waals surface area contributed by atoms with Gasteiger partial charge < -0.3 is 15.3 Å². The van der Waals surface area contributed by atoms with Gasteiger partial charge in [-0.25, -0.2) is 0 Å². The van der Waals surface area contributed by atoms with E-state index in [1.54, 1.807) is 0 Å². The number of hydrogen-bond acceptors (Lipinski definition) is 4. The van der Waals surface area contributed by atoms with E-state index >= 15 is 0 Å². The molecule has 9 heavy (non-hydrogen) atoms. The van der Waals surface area contributed by atoms with E-state index in [1.165, 1.54) is 11.8 Å². The quantitative estimate of drug-likeness (QED) is 0.421. The molecule has 0 aromatic carbocycles. The minimum absolute atomic E-state index is 0.284. The minimum atomic E-state index is -0.735. The van der Waals surface area contributed by atoms with Crippen molar-refractivity contribution in [2.24, 2.45) is 0 Å². The van der Waals surface area contributed by atoms with Gasteiger partial charge in [0.25, 0.3) is 0 Å². The van der Waals surface area contributed by atoms with Crippen molar-refractivity contribution in [1.82, 2.24) is 0 Å². The van der Waals surface area contributed by atoms with Crippen LogP contribution in [-0.4, -0.2) is 38.7 Å². The van der Waals surface area contributed by atoms with Crippen molar-refractivity contribution in [2.75, 3.05) is 5.75 Å². The summed E-state index contributed by atoms with van der Waals surface area (Å²) in [6, 6.07) is 0. The molecule has 1 heterocycles. The molecule has 1 saturated heterocycles. The third kappa shape index (κ3) is 1.82. The first-order valence-electron chi connectivity index (χ1n) is 2.86. The van der Waals surface area contributed by atoms with Gasteiger partial charge in [0, 0.05) is 12.2 Å². The van der Waals surface area contributed by atoms with Gasteiger partial charge in [-0.3, -0.25) is 0 Å². The fraction of sp³-hybridized carbons (Fsp3) is 1.00. The molecule has 1 aliphatic heterocycles. The molecule has 0 aromatic rings. The van der Waals surface area contributed by atoms with Gasteiger partial charge in [-0.15, -0.1) is 11.8 Å². The molecule has 0 saturated carbocycles.